The van der Waals surface area contributed by atoms with Crippen LogP contribution >= 0.6 is 11.6 Å². The van der Waals surface area contributed by atoms with Crippen molar-refractivity contribution in [3.63, 3.8) is 0 Å². The number of benzene rings is 1. The monoisotopic (exact) mass is 366 g/mol. The van der Waals surface area contributed by atoms with Crippen LogP contribution in [0.2, 0.25) is 0 Å². The van der Waals surface area contributed by atoms with E-state index in [0.29, 0.717) is 32.7 Å². The third kappa shape index (κ3) is 3.07. The Hall–Kier alpha value is -1.83. The first-order valence-corrected chi connectivity index (χ1v) is 9.02. The molecule has 128 valence electrons. The number of aromatic amines is 1. The van der Waals surface area contributed by atoms with Crippen molar-refractivity contribution in [2.45, 2.75) is 19.0 Å². The second kappa shape index (κ2) is 6.58. The van der Waals surface area contributed by atoms with E-state index in [-0.39, 0.29) is 12.3 Å². The maximum absolute atomic E-state index is 12.6. The Morgan fingerprint density at radius 3 is 2.92 bits per heavy atom. The fraction of sp³-hybridized carbons (Fsp3) is 0.312. The first kappa shape index (κ1) is 17.0. The second-order valence-corrected chi connectivity index (χ2v) is 7.36. The number of nitrogens with zero attached hydrogens (tertiary/aromatic N) is 2. The van der Waals surface area contributed by atoms with Crippen molar-refractivity contribution in [1.82, 2.24) is 15.0 Å². The minimum absolute atomic E-state index is 0.0653. The molecular formula is C16H17ClN3O3S-. The summed E-state index contributed by atoms with van der Waals surface area (Å²) in [4.78, 5) is 7.37. The Bertz CT molecular complexity index is 888. The Kier molecular flexibility index (Phi) is 4.67. The van der Waals surface area contributed by atoms with Crippen LogP contribution in [0.1, 0.15) is 13.8 Å². The molecule has 3 rings (SSSR count). The molecule has 0 spiro atoms. The summed E-state index contributed by atoms with van der Waals surface area (Å²) >= 11 is 6.22. The van der Waals surface area contributed by atoms with Crippen molar-refractivity contribution in [3.8, 4) is 5.75 Å². The van der Waals surface area contributed by atoms with Gasteiger partial charge in [-0.3, -0.25) is 4.21 Å². The van der Waals surface area contributed by atoms with Crippen molar-refractivity contribution in [3.05, 3.63) is 45.3 Å². The van der Waals surface area contributed by atoms with Crippen LogP contribution in [0, 0.1) is 5.21 Å². The molecule has 0 bridgehead atoms. The van der Waals surface area contributed by atoms with E-state index in [1.807, 2.05) is 6.92 Å². The Balaban J connectivity index is 1.90. The third-order valence-corrected chi connectivity index (χ3v) is 5.74. The Labute approximate surface area is 147 Å². The standard InChI is InChI=1S/C16H17ClN3O3S/c1-9-7-20(21)14(10(2)15(9)17)8-24(22)16-18-12-5-4-11(23-3)6-13(12)19-16/h4-6H,7-8H2,1-3H3,(H,18,19)/q-1. The summed E-state index contributed by atoms with van der Waals surface area (Å²) in [6.07, 6.45) is 0. The van der Waals surface area contributed by atoms with Crippen molar-refractivity contribution in [1.29, 1.82) is 0 Å². The van der Waals surface area contributed by atoms with Gasteiger partial charge >= 0.3 is 0 Å². The lowest BCUT2D eigenvalue weighted by Gasteiger charge is -2.38. The number of aromatic nitrogens is 2. The molecular weight excluding hydrogens is 350 g/mol. The average molecular weight is 367 g/mol. The SMILES string of the molecule is COc1ccc2nc(S(=O)CC3=C(C)C(Cl)=C(C)CN3[O-])[nH]c2c1. The predicted molar refractivity (Wildman–Crippen MR) is 95.2 cm³/mol. The van der Waals surface area contributed by atoms with E-state index < -0.39 is 10.8 Å². The minimum Gasteiger partial charge on any atom is -0.758 e. The number of hydrogen-bond donors (Lipinski definition) is 1. The van der Waals surface area contributed by atoms with Gasteiger partial charge in [0.25, 0.3) is 0 Å². The third-order valence-electron chi connectivity index (χ3n) is 3.97. The average Bonchev–Trinajstić information content (AvgIpc) is 2.99. The van der Waals surface area contributed by atoms with Gasteiger partial charge in [-0.25, -0.2) is 4.98 Å². The summed E-state index contributed by atoms with van der Waals surface area (Å²) in [6, 6.07) is 5.37. The van der Waals surface area contributed by atoms with E-state index >= 15 is 0 Å². The highest BCUT2D eigenvalue weighted by molar-refractivity contribution is 7.85. The van der Waals surface area contributed by atoms with E-state index in [1.165, 1.54) is 0 Å². The largest absolute Gasteiger partial charge is 0.758 e. The van der Waals surface area contributed by atoms with Crippen LogP contribution in [0.3, 0.4) is 0 Å². The molecule has 2 heterocycles. The topological polar surface area (TPSA) is 81.3 Å². The summed E-state index contributed by atoms with van der Waals surface area (Å²) in [7, 11) is 0.102. The molecule has 1 aliphatic heterocycles. The molecule has 1 aliphatic rings. The number of nitrogens with one attached hydrogen (secondary N) is 1. The Morgan fingerprint density at radius 1 is 1.46 bits per heavy atom. The Morgan fingerprint density at radius 2 is 2.21 bits per heavy atom. The molecule has 1 atom stereocenters. The number of methoxy groups -OCH3 is 1. The number of allylic oxidation sites excluding steroid dienone is 2. The van der Waals surface area contributed by atoms with Gasteiger partial charge in [-0.15, -0.1) is 0 Å². The second-order valence-electron chi connectivity index (χ2n) is 5.62. The van der Waals surface area contributed by atoms with Gasteiger partial charge in [0.15, 0.2) is 5.16 Å². The van der Waals surface area contributed by atoms with Gasteiger partial charge in [-0.2, -0.15) is 0 Å². The lowest BCUT2D eigenvalue weighted by Crippen LogP contribution is -2.27. The molecule has 0 fully saturated rings. The van der Waals surface area contributed by atoms with Gasteiger partial charge < -0.3 is 20.0 Å². The number of rotatable bonds is 4. The molecule has 0 saturated carbocycles. The van der Waals surface area contributed by atoms with E-state index in [4.69, 9.17) is 16.3 Å². The molecule has 8 heteroatoms. The van der Waals surface area contributed by atoms with E-state index in [0.717, 1.165) is 16.2 Å². The fourth-order valence-electron chi connectivity index (χ4n) is 2.59. The van der Waals surface area contributed by atoms with E-state index in [1.54, 1.807) is 32.2 Å². The molecule has 24 heavy (non-hydrogen) atoms. The summed E-state index contributed by atoms with van der Waals surface area (Å²) in [6.45, 7) is 3.78. The normalized spacial score (nSPS) is 17.0. The molecule has 6 nitrogen and oxygen atoms in total. The maximum Gasteiger partial charge on any atom is 0.197 e. The van der Waals surface area contributed by atoms with Gasteiger partial charge in [-0.1, -0.05) is 11.6 Å². The zero-order valence-electron chi connectivity index (χ0n) is 13.6. The summed E-state index contributed by atoms with van der Waals surface area (Å²) in [5.74, 6) is 0.753. The number of imidazole rings is 1. The van der Waals surface area contributed by atoms with Gasteiger partial charge in [-0.05, 0) is 37.1 Å². The van der Waals surface area contributed by atoms with Crippen molar-refractivity contribution < 1.29 is 8.95 Å². The van der Waals surface area contributed by atoms with Crippen LogP contribution < -0.4 is 4.74 Å². The highest BCUT2D eigenvalue weighted by Gasteiger charge is 2.20. The molecule has 1 aromatic carbocycles. The maximum atomic E-state index is 12.6. The van der Waals surface area contributed by atoms with Crippen molar-refractivity contribution >= 4 is 33.4 Å². The molecule has 0 saturated heterocycles. The first-order valence-electron chi connectivity index (χ1n) is 7.33. The lowest BCUT2D eigenvalue weighted by molar-refractivity contribution is 0.415. The molecule has 1 N–H and O–H groups in total. The molecule has 0 amide bonds. The van der Waals surface area contributed by atoms with Crippen LogP contribution in [0.15, 0.2) is 45.2 Å². The van der Waals surface area contributed by atoms with Gasteiger partial charge in [0, 0.05) is 23.3 Å². The minimum atomic E-state index is -1.48. The fourth-order valence-corrected chi connectivity index (χ4v) is 3.93. The number of H-pyrrole nitrogens is 1. The number of fused-ring (bicyclic) bond motifs is 1. The smallest absolute Gasteiger partial charge is 0.197 e. The molecule has 0 aliphatic carbocycles. The van der Waals surface area contributed by atoms with Crippen molar-refractivity contribution in [2.24, 2.45) is 0 Å². The lowest BCUT2D eigenvalue weighted by atomic mass is 10.1. The quantitative estimate of drug-likeness (QED) is 0.897. The molecule has 2 aromatic rings. The van der Waals surface area contributed by atoms with Crippen LogP contribution in [0.5, 0.6) is 5.75 Å². The van der Waals surface area contributed by atoms with E-state index in [2.05, 4.69) is 9.97 Å². The summed E-state index contributed by atoms with van der Waals surface area (Å²) in [5.41, 5.74) is 3.35. The first-order chi connectivity index (χ1) is 11.4. The summed E-state index contributed by atoms with van der Waals surface area (Å²) in [5, 5.41) is 13.9. The zero-order chi connectivity index (χ0) is 17.4. The molecule has 0 radical (unpaired) electrons. The zero-order valence-corrected chi connectivity index (χ0v) is 15.1. The molecule has 1 unspecified atom stereocenters. The molecule has 1 aromatic heterocycles. The van der Waals surface area contributed by atoms with Crippen LogP contribution in [-0.4, -0.2) is 38.6 Å². The highest BCUT2D eigenvalue weighted by atomic mass is 35.5. The van der Waals surface area contributed by atoms with Gasteiger partial charge in [0.1, 0.15) is 5.75 Å². The van der Waals surface area contributed by atoms with Crippen LogP contribution in [0.25, 0.3) is 11.0 Å². The van der Waals surface area contributed by atoms with Gasteiger partial charge in [0.2, 0.25) is 0 Å². The number of hydrogen-bond acceptors (Lipinski definition) is 5. The van der Waals surface area contributed by atoms with Crippen LogP contribution in [0.4, 0.5) is 0 Å². The van der Waals surface area contributed by atoms with Gasteiger partial charge in [0.05, 0.1) is 34.7 Å². The number of halogens is 1. The van der Waals surface area contributed by atoms with E-state index in [9.17, 15) is 9.42 Å². The van der Waals surface area contributed by atoms with Crippen molar-refractivity contribution in [2.75, 3.05) is 19.4 Å². The number of hydroxylamine groups is 2. The predicted octanol–water partition coefficient (Wildman–Crippen LogP) is 3.28. The number of ether oxygens (including phenoxy) is 1. The summed E-state index contributed by atoms with van der Waals surface area (Å²) < 4.78 is 17.8. The van der Waals surface area contributed by atoms with Crippen LogP contribution in [-0.2, 0) is 10.8 Å². The highest BCUT2D eigenvalue weighted by Crippen LogP contribution is 2.30.